The number of nitrogens with two attached hydrogens (primary N) is 3. The molecular weight excluding hydrogens is 1090 g/mol. The van der Waals surface area contributed by atoms with Crippen molar-refractivity contribution in [3.63, 3.8) is 0 Å². The molecule has 10 atom stereocenters. The highest BCUT2D eigenvalue weighted by Gasteiger charge is 2.36. The van der Waals surface area contributed by atoms with Gasteiger partial charge in [-0.3, -0.25) is 38.5 Å². The van der Waals surface area contributed by atoms with Crippen molar-refractivity contribution < 1.29 is 103 Å². The monoisotopic (exact) mass is 1180 g/mol. The van der Waals surface area contributed by atoms with E-state index in [-0.39, 0.29) is 67.6 Å². The lowest BCUT2D eigenvalue weighted by molar-refractivity contribution is -0.170. The second-order valence-corrected chi connectivity index (χ2v) is 21.5. The normalized spacial score (nSPS) is 19.9. The zero-order chi connectivity index (χ0) is 64.1. The first-order valence-corrected chi connectivity index (χ1v) is 27.1. The fourth-order valence-electron chi connectivity index (χ4n) is 7.33. The highest BCUT2D eigenvalue weighted by atomic mass is 16.6. The van der Waals surface area contributed by atoms with Crippen LogP contribution in [0.1, 0.15) is 139 Å². The van der Waals surface area contributed by atoms with Crippen molar-refractivity contribution in [2.75, 3.05) is 33.7 Å². The molecule has 30 nitrogen and oxygen atoms in total. The number of ether oxygens (including phenoxy) is 2. The van der Waals surface area contributed by atoms with Crippen molar-refractivity contribution in [3.05, 3.63) is 0 Å². The summed E-state index contributed by atoms with van der Waals surface area (Å²) < 4.78 is 10.0. The van der Waals surface area contributed by atoms with Crippen molar-refractivity contribution in [1.82, 2.24) is 31.5 Å². The summed E-state index contributed by atoms with van der Waals surface area (Å²) in [6.45, 7) is 18.2. The molecule has 18 N–H and O–H groups in total. The van der Waals surface area contributed by atoms with Crippen LogP contribution in [0.3, 0.4) is 0 Å². The number of rotatable bonds is 23. The molecule has 30 heteroatoms. The summed E-state index contributed by atoms with van der Waals surface area (Å²) in [4.78, 5) is 132. The number of hydrogen-bond acceptors (Lipinski definition) is 21. The van der Waals surface area contributed by atoms with Crippen LogP contribution in [0.15, 0.2) is 0 Å². The standard InChI is InChI=1S/C21H35N3O8.C7H15NO2.C6H13NO2.C5H7NO3.2C5H9NO2.C3H7NO2/c1-11(2)8-13(22)19(28)32-21(30)15(9-12(3)4)24(5)10-16(18(26)27)31-20(29)14-6-7-17(25)23-14;1-5(2)4-6(8-3)7(9)10;1-4(2)3-5(7)6(8)9;7-4-2-1-3(6-4)5(8)9;2*7-5(8)4-2-1-3-6-4;1-2(4)3(5)6/h11-16H,6-10,22H2,1-5H3,(H,23,25)(H,26,27);5-6,8H,4H2,1-3H3,(H,9,10);4-5H,3,7H2,1-2H3,(H,8,9);3H,1-2H2,(H,6,7)(H,8,9);2*4,6H,1-3H2,(H,7,8);2H,4H2,1H3,(H,5,6)/t13-,14-,15-,16?;6-;5-;3-;2*4-;2-/m0000000/s1. The SMILES string of the molecule is CC(C)C[C@H](N)C(=O)O.CC(C)C[C@H](N)C(=O)OC(=O)[C@H](CC(C)C)N(C)CC(OC(=O)[C@@H]1CCC(=O)N1)C(=O)O.CN[C@@H](CC(C)C)C(=O)O.C[C@H](N)C(=O)O.O=C(O)[C@@H]1CCCN1.O=C(O)[C@@H]1CCCN1.O=C1CC[C@@H](C(=O)O)N1. The molecule has 4 heterocycles. The molecule has 4 rings (SSSR count). The Morgan fingerprint density at radius 1 is 0.549 bits per heavy atom. The van der Waals surface area contributed by atoms with E-state index in [4.69, 9.17) is 57.3 Å². The van der Waals surface area contributed by atoms with Gasteiger partial charge in [0, 0.05) is 19.4 Å². The molecule has 0 spiro atoms. The van der Waals surface area contributed by atoms with Crippen LogP contribution in [0.25, 0.3) is 0 Å². The highest BCUT2D eigenvalue weighted by molar-refractivity contribution is 5.91. The molecule has 0 aromatic rings. The number of nitrogens with one attached hydrogen (secondary N) is 5. The van der Waals surface area contributed by atoms with E-state index < -0.39 is 102 Å². The van der Waals surface area contributed by atoms with Crippen molar-refractivity contribution in [1.29, 1.82) is 0 Å². The average molecular weight is 1180 g/mol. The topological polar surface area (TPSA) is 506 Å². The molecule has 1 unspecified atom stereocenters. The average Bonchev–Trinajstić information content (AvgIpc) is 4.23. The number of hydrogen-bond donors (Lipinski definition) is 15. The number of carbonyl (C=O) groups excluding carboxylic acids is 5. The molecule has 0 radical (unpaired) electrons. The van der Waals surface area contributed by atoms with Crippen molar-refractivity contribution >= 4 is 71.5 Å². The molecule has 0 aromatic carbocycles. The second-order valence-electron chi connectivity index (χ2n) is 21.5. The fraction of sp³-hybridized carbons (Fsp3) is 0.769. The van der Waals surface area contributed by atoms with Crippen LogP contribution in [-0.2, 0) is 67.0 Å². The molecule has 4 saturated heterocycles. The molecule has 4 aliphatic heterocycles. The van der Waals surface area contributed by atoms with Gasteiger partial charge in [-0.1, -0.05) is 55.4 Å². The van der Waals surface area contributed by atoms with E-state index in [9.17, 15) is 62.6 Å². The minimum Gasteiger partial charge on any atom is -0.480 e. The highest BCUT2D eigenvalue weighted by Crippen LogP contribution is 2.17. The van der Waals surface area contributed by atoms with Crippen molar-refractivity contribution in [2.45, 2.75) is 200 Å². The zero-order valence-electron chi connectivity index (χ0n) is 49.2. The maximum atomic E-state index is 12.7. The van der Waals surface area contributed by atoms with E-state index in [1.54, 1.807) is 7.05 Å². The number of likely N-dealkylation sites (N-methyl/N-ethyl adjacent to an activating group) is 2. The summed E-state index contributed by atoms with van der Waals surface area (Å²) in [5.41, 5.74) is 15.8. The van der Waals surface area contributed by atoms with Crippen LogP contribution in [0.5, 0.6) is 0 Å². The zero-order valence-corrected chi connectivity index (χ0v) is 49.2. The minimum atomic E-state index is -1.58. The van der Waals surface area contributed by atoms with Gasteiger partial charge in [-0.05, 0) is 122 Å². The Morgan fingerprint density at radius 2 is 0.951 bits per heavy atom. The first kappa shape index (κ1) is 79.8. The Hall–Kier alpha value is -6.44. The Kier molecular flexibility index (Phi) is 42.1. The van der Waals surface area contributed by atoms with Crippen molar-refractivity contribution in [2.24, 2.45) is 40.9 Å². The lowest BCUT2D eigenvalue weighted by atomic mass is 10.0. The van der Waals surface area contributed by atoms with Gasteiger partial charge in [0.25, 0.3) is 0 Å². The van der Waals surface area contributed by atoms with Gasteiger partial charge in [-0.25, -0.2) is 24.0 Å². The number of nitrogens with zero attached hydrogens (tertiary/aromatic N) is 1. The quantitative estimate of drug-likeness (QED) is 0.0458. The van der Waals surface area contributed by atoms with Gasteiger partial charge >= 0.3 is 59.7 Å². The Morgan fingerprint density at radius 3 is 1.20 bits per heavy atom. The molecule has 2 amide bonds. The van der Waals surface area contributed by atoms with Crippen LogP contribution < -0.4 is 43.8 Å². The van der Waals surface area contributed by atoms with E-state index in [0.717, 1.165) is 38.8 Å². The number of carboxylic acid groups (broad SMARTS) is 7. The van der Waals surface area contributed by atoms with Gasteiger partial charge in [0.1, 0.15) is 54.4 Å². The van der Waals surface area contributed by atoms with Gasteiger partial charge in [-0.15, -0.1) is 0 Å². The largest absolute Gasteiger partial charge is 0.480 e. The third-order valence-electron chi connectivity index (χ3n) is 11.8. The number of esters is 3. The molecular formula is C52H95N9O21. The molecule has 0 saturated carbocycles. The fourth-order valence-corrected chi connectivity index (χ4v) is 7.33. The third kappa shape index (κ3) is 39.1. The maximum absolute atomic E-state index is 12.7. The first-order chi connectivity index (χ1) is 37.9. The van der Waals surface area contributed by atoms with E-state index in [2.05, 4.69) is 26.6 Å². The van der Waals surface area contributed by atoms with Crippen LogP contribution in [-0.4, -0.2) is 206 Å². The number of carbonyl (C=O) groups is 12. The molecule has 4 fully saturated rings. The molecule has 0 aromatic heterocycles. The molecule has 82 heavy (non-hydrogen) atoms. The van der Waals surface area contributed by atoms with E-state index >= 15 is 0 Å². The predicted molar refractivity (Wildman–Crippen MR) is 295 cm³/mol. The van der Waals surface area contributed by atoms with Gasteiger partial charge in [0.15, 0.2) is 0 Å². The van der Waals surface area contributed by atoms with Crippen LogP contribution >= 0.6 is 0 Å². The van der Waals surface area contributed by atoms with E-state index in [1.165, 1.54) is 18.9 Å². The van der Waals surface area contributed by atoms with E-state index in [0.29, 0.717) is 43.9 Å². The van der Waals surface area contributed by atoms with Gasteiger partial charge in [-0.2, -0.15) is 0 Å². The first-order valence-electron chi connectivity index (χ1n) is 27.1. The van der Waals surface area contributed by atoms with Crippen LogP contribution in [0.4, 0.5) is 0 Å². The van der Waals surface area contributed by atoms with Crippen LogP contribution in [0.2, 0.25) is 0 Å². The van der Waals surface area contributed by atoms with Gasteiger partial charge in [0.05, 0.1) is 0 Å². The Labute approximate surface area is 479 Å². The lowest BCUT2D eigenvalue weighted by Crippen LogP contribution is -2.49. The minimum absolute atomic E-state index is 0.0222. The summed E-state index contributed by atoms with van der Waals surface area (Å²) in [5, 5.41) is 72.4. The smallest absolute Gasteiger partial charge is 0.346 e. The third-order valence-corrected chi connectivity index (χ3v) is 11.8. The predicted octanol–water partition coefficient (Wildman–Crippen LogP) is -0.386. The van der Waals surface area contributed by atoms with Crippen molar-refractivity contribution in [3.8, 4) is 0 Å². The number of carboxylic acids is 7. The van der Waals surface area contributed by atoms with Gasteiger partial charge in [0.2, 0.25) is 17.9 Å². The number of aliphatic carboxylic acids is 7. The van der Waals surface area contributed by atoms with E-state index in [1.807, 2.05) is 55.4 Å². The van der Waals surface area contributed by atoms with Gasteiger partial charge < -0.3 is 89.0 Å². The summed E-state index contributed by atoms with van der Waals surface area (Å²) in [6, 6.07) is -5.78. The summed E-state index contributed by atoms with van der Waals surface area (Å²) >= 11 is 0. The second kappa shape index (κ2) is 43.3. The molecule has 0 aliphatic carbocycles. The summed E-state index contributed by atoms with van der Waals surface area (Å²) in [7, 11) is 3.15. The summed E-state index contributed by atoms with van der Waals surface area (Å²) in [5.74, 6) is -8.50. The maximum Gasteiger partial charge on any atom is 0.346 e. The number of amides is 2. The molecule has 0 bridgehead atoms. The lowest BCUT2D eigenvalue weighted by Gasteiger charge is -2.29. The summed E-state index contributed by atoms with van der Waals surface area (Å²) in [6.07, 6.45) is 5.01. The Bertz CT molecular complexity index is 1990. The van der Waals surface area contributed by atoms with Crippen LogP contribution in [0, 0.1) is 23.7 Å². The molecule has 474 valence electrons. The Balaban J connectivity index is -0.00000101. The molecule has 4 aliphatic rings.